The first-order valence-corrected chi connectivity index (χ1v) is 13.8. The van der Waals surface area contributed by atoms with Gasteiger partial charge in [-0.1, -0.05) is 25.1 Å². The van der Waals surface area contributed by atoms with E-state index in [-0.39, 0.29) is 24.1 Å². The Morgan fingerprint density at radius 3 is 2.65 bits per heavy atom. The van der Waals surface area contributed by atoms with Gasteiger partial charge in [0.2, 0.25) is 0 Å². The van der Waals surface area contributed by atoms with Gasteiger partial charge in [-0.2, -0.15) is 0 Å². The normalized spacial score (nSPS) is 33.7. The third kappa shape index (κ3) is 5.26. The first kappa shape index (κ1) is 22.6. The third-order valence-corrected chi connectivity index (χ3v) is 7.72. The van der Waals surface area contributed by atoms with Crippen LogP contribution in [0.1, 0.15) is 63.4 Å². The zero-order valence-corrected chi connectivity index (χ0v) is 19.6. The van der Waals surface area contributed by atoms with Gasteiger partial charge in [0, 0.05) is 28.6 Å². The van der Waals surface area contributed by atoms with Gasteiger partial charge in [-0.25, -0.2) is 4.72 Å². The standard InChI is InChI=1S/C24H36N2O4S/c1-4-22-24(27)26-15-7-9-20(25-31(2,3)28)21(26)16-29-18-13-11-17(12-14-18)19-8-5-6-10-23(19)30-22/h5-6,8,10,17-18,20-22H,2,4,7,9,11-16H2,1,3H3,(H,25,28)/t17?,18?,20-,21?,22-,31?/m0/s1. The number of carbonyl (C=O) groups excluding carboxylic acids is 1. The highest BCUT2D eigenvalue weighted by atomic mass is 32.2. The molecule has 1 N–H and O–H groups in total. The summed E-state index contributed by atoms with van der Waals surface area (Å²) in [6, 6.07) is 7.92. The van der Waals surface area contributed by atoms with Crippen LogP contribution >= 0.6 is 0 Å². The molecule has 1 saturated heterocycles. The van der Waals surface area contributed by atoms with Crippen LogP contribution in [-0.2, 0) is 19.2 Å². The monoisotopic (exact) mass is 448 g/mol. The van der Waals surface area contributed by atoms with Gasteiger partial charge in [-0.05, 0) is 68.4 Å². The summed E-state index contributed by atoms with van der Waals surface area (Å²) >= 11 is 0. The van der Waals surface area contributed by atoms with Crippen molar-refractivity contribution < 1.29 is 18.5 Å². The maximum atomic E-state index is 13.6. The number of hydrogen-bond acceptors (Lipinski definition) is 4. The highest BCUT2D eigenvalue weighted by molar-refractivity contribution is 7.97. The molecule has 31 heavy (non-hydrogen) atoms. The first-order valence-electron chi connectivity index (χ1n) is 11.6. The molecule has 1 aromatic rings. The topological polar surface area (TPSA) is 67.9 Å². The van der Waals surface area contributed by atoms with E-state index in [0.717, 1.165) is 44.3 Å². The zero-order valence-electron chi connectivity index (χ0n) is 18.8. The van der Waals surface area contributed by atoms with Crippen molar-refractivity contribution in [1.82, 2.24) is 9.62 Å². The number of nitrogens with one attached hydrogen (secondary N) is 1. The van der Waals surface area contributed by atoms with Crippen LogP contribution in [-0.4, -0.2) is 64.6 Å². The van der Waals surface area contributed by atoms with E-state index in [2.05, 4.69) is 22.7 Å². The molecule has 3 aliphatic heterocycles. The number of nitrogens with zero attached hydrogens (tertiary/aromatic N) is 1. The van der Waals surface area contributed by atoms with Gasteiger partial charge in [0.05, 0.1) is 18.8 Å². The molecular formula is C24H36N2O4S. The van der Waals surface area contributed by atoms with E-state index in [4.69, 9.17) is 9.47 Å². The van der Waals surface area contributed by atoms with Gasteiger partial charge in [0.25, 0.3) is 5.91 Å². The number of ether oxygens (including phenoxy) is 2. The van der Waals surface area contributed by atoms with Crippen LogP contribution in [0.5, 0.6) is 5.75 Å². The largest absolute Gasteiger partial charge is 0.480 e. The Morgan fingerprint density at radius 1 is 1.19 bits per heavy atom. The SMILES string of the molecule is C=S(C)(=O)N[C@H]1CCCN2C(=O)[C@H](CC)Oc3ccccc3C3CCC(CC3)OCC12. The van der Waals surface area contributed by atoms with E-state index in [1.54, 1.807) is 6.26 Å². The summed E-state index contributed by atoms with van der Waals surface area (Å²) in [4.78, 5) is 15.6. The van der Waals surface area contributed by atoms with Gasteiger partial charge in [0.15, 0.2) is 6.10 Å². The summed E-state index contributed by atoms with van der Waals surface area (Å²) in [6.07, 6.45) is 7.74. The number of para-hydroxylation sites is 1. The van der Waals surface area contributed by atoms with Gasteiger partial charge in [-0.3, -0.25) is 9.00 Å². The van der Waals surface area contributed by atoms with Crippen LogP contribution in [0.2, 0.25) is 0 Å². The van der Waals surface area contributed by atoms with Crippen LogP contribution in [0.4, 0.5) is 0 Å². The van der Waals surface area contributed by atoms with Crippen LogP contribution < -0.4 is 9.46 Å². The molecule has 2 unspecified atom stereocenters. The molecule has 4 aliphatic rings. The molecule has 0 spiro atoms. The van der Waals surface area contributed by atoms with Crippen molar-refractivity contribution in [1.29, 1.82) is 0 Å². The molecule has 3 heterocycles. The third-order valence-electron chi connectivity index (χ3n) is 6.91. The zero-order chi connectivity index (χ0) is 22.0. The number of rotatable bonds is 3. The van der Waals surface area contributed by atoms with Crippen molar-refractivity contribution in [3.05, 3.63) is 29.8 Å². The number of hydrogen-bond donors (Lipinski definition) is 1. The Bertz CT molecular complexity index is 879. The van der Waals surface area contributed by atoms with Crippen LogP contribution in [0.25, 0.3) is 0 Å². The second-order valence-electron chi connectivity index (χ2n) is 9.33. The van der Waals surface area contributed by atoms with Crippen molar-refractivity contribution in [2.75, 3.05) is 19.4 Å². The first-order chi connectivity index (χ1) is 14.9. The second-order valence-corrected chi connectivity index (χ2v) is 11.6. The fourth-order valence-corrected chi connectivity index (χ4v) is 6.26. The molecule has 1 amide bonds. The average Bonchev–Trinajstić information content (AvgIpc) is 2.76. The van der Waals surface area contributed by atoms with E-state index in [9.17, 15) is 9.00 Å². The quantitative estimate of drug-likeness (QED) is 0.722. The molecule has 1 aromatic carbocycles. The molecule has 7 heteroatoms. The van der Waals surface area contributed by atoms with E-state index in [1.165, 1.54) is 5.56 Å². The average molecular weight is 449 g/mol. The molecule has 1 aliphatic carbocycles. The number of amides is 1. The molecule has 5 rings (SSSR count). The lowest BCUT2D eigenvalue weighted by atomic mass is 9.82. The Hall–Kier alpha value is -1.57. The molecule has 2 fully saturated rings. The molecule has 172 valence electrons. The lowest BCUT2D eigenvalue weighted by Gasteiger charge is -2.43. The molecule has 1 saturated carbocycles. The van der Waals surface area contributed by atoms with Crippen molar-refractivity contribution in [2.45, 2.75) is 82.1 Å². The Balaban J connectivity index is 1.68. The summed E-state index contributed by atoms with van der Waals surface area (Å²) in [5.74, 6) is 5.05. The Labute approximate surface area is 186 Å². The summed E-state index contributed by atoms with van der Waals surface area (Å²) in [5, 5.41) is 0. The van der Waals surface area contributed by atoms with Crippen molar-refractivity contribution in [2.24, 2.45) is 0 Å². The summed E-state index contributed by atoms with van der Waals surface area (Å²) in [5.41, 5.74) is 1.21. The lowest BCUT2D eigenvalue weighted by Crippen LogP contribution is -2.61. The minimum Gasteiger partial charge on any atom is -0.480 e. The van der Waals surface area contributed by atoms with E-state index in [0.29, 0.717) is 25.5 Å². The molecular weight excluding hydrogens is 412 g/mol. The summed E-state index contributed by atoms with van der Waals surface area (Å²) in [6.45, 7) is 3.12. The Morgan fingerprint density at radius 2 is 1.94 bits per heavy atom. The van der Waals surface area contributed by atoms with Crippen LogP contribution in [0.15, 0.2) is 24.3 Å². The molecule has 2 bridgehead atoms. The van der Waals surface area contributed by atoms with Gasteiger partial charge in [-0.15, -0.1) is 0 Å². The van der Waals surface area contributed by atoms with E-state index in [1.807, 2.05) is 24.0 Å². The number of piperidine rings is 1. The van der Waals surface area contributed by atoms with Gasteiger partial charge in [0.1, 0.15) is 5.75 Å². The molecule has 6 nitrogen and oxygen atoms in total. The maximum absolute atomic E-state index is 13.6. The molecule has 0 aromatic heterocycles. The van der Waals surface area contributed by atoms with Crippen molar-refractivity contribution in [3.63, 3.8) is 0 Å². The lowest BCUT2D eigenvalue weighted by molar-refractivity contribution is -0.146. The maximum Gasteiger partial charge on any atom is 0.264 e. The smallest absolute Gasteiger partial charge is 0.264 e. The highest BCUT2D eigenvalue weighted by Gasteiger charge is 2.39. The van der Waals surface area contributed by atoms with Crippen molar-refractivity contribution in [3.8, 4) is 5.75 Å². The highest BCUT2D eigenvalue weighted by Crippen LogP contribution is 2.39. The second kappa shape index (κ2) is 9.51. The minimum atomic E-state index is -2.39. The predicted octanol–water partition coefficient (Wildman–Crippen LogP) is 3.11. The predicted molar refractivity (Wildman–Crippen MR) is 125 cm³/mol. The van der Waals surface area contributed by atoms with Crippen LogP contribution in [0.3, 0.4) is 0 Å². The minimum absolute atomic E-state index is 0.00402. The summed E-state index contributed by atoms with van der Waals surface area (Å²) in [7, 11) is -2.39. The van der Waals surface area contributed by atoms with E-state index < -0.39 is 15.8 Å². The Kier molecular flexibility index (Phi) is 6.94. The summed E-state index contributed by atoms with van der Waals surface area (Å²) < 4.78 is 28.4. The number of benzene rings is 1. The van der Waals surface area contributed by atoms with Gasteiger partial charge < -0.3 is 14.4 Å². The number of carbonyl (C=O) groups is 1. The van der Waals surface area contributed by atoms with Crippen LogP contribution in [0, 0.1) is 0 Å². The molecule has 0 radical (unpaired) electrons. The number of fused-ring (bicyclic) bond motifs is 5. The van der Waals surface area contributed by atoms with Gasteiger partial charge >= 0.3 is 0 Å². The molecule has 4 atom stereocenters. The van der Waals surface area contributed by atoms with Crippen molar-refractivity contribution >= 4 is 21.5 Å². The van der Waals surface area contributed by atoms with E-state index >= 15 is 0 Å². The fraction of sp³-hybridized carbons (Fsp3) is 0.667. The fourth-order valence-electron chi connectivity index (χ4n) is 5.34.